The third kappa shape index (κ3) is 1.20. The second kappa shape index (κ2) is 3.01. The lowest BCUT2D eigenvalue weighted by Crippen LogP contribution is -1.91. The largest absolute Gasteiger partial charge is 0.399 e. The number of fused-ring (bicyclic) bond motifs is 3. The molecule has 4 N–H and O–H groups in total. The van der Waals surface area contributed by atoms with E-state index in [9.17, 15) is 0 Å². The summed E-state index contributed by atoms with van der Waals surface area (Å²) in [6.45, 7) is 2.05. The summed E-state index contributed by atoms with van der Waals surface area (Å²) in [5.41, 5.74) is 19.8. The molecule has 80 valence electrons. The Kier molecular flexibility index (Phi) is 1.75. The average Bonchev–Trinajstić information content (AvgIpc) is 2.55. The molecule has 1 aliphatic rings. The van der Waals surface area contributed by atoms with Gasteiger partial charge in [0.05, 0.1) is 0 Å². The van der Waals surface area contributed by atoms with Crippen LogP contribution in [-0.2, 0) is 6.42 Å². The predicted molar refractivity (Wildman–Crippen MR) is 68.2 cm³/mol. The molecule has 0 aromatic heterocycles. The van der Waals surface area contributed by atoms with E-state index < -0.39 is 0 Å². The molecule has 0 saturated heterocycles. The molecule has 2 aromatic rings. The van der Waals surface area contributed by atoms with Crippen LogP contribution in [-0.4, -0.2) is 0 Å². The highest BCUT2D eigenvalue weighted by Crippen LogP contribution is 2.39. The van der Waals surface area contributed by atoms with E-state index in [-0.39, 0.29) is 0 Å². The maximum Gasteiger partial charge on any atom is 0.0347 e. The van der Waals surface area contributed by atoms with Gasteiger partial charge in [-0.1, -0.05) is 6.07 Å². The van der Waals surface area contributed by atoms with E-state index in [0.717, 1.165) is 23.4 Å². The van der Waals surface area contributed by atoms with E-state index in [1.807, 2.05) is 13.0 Å². The highest BCUT2D eigenvalue weighted by atomic mass is 14.6. The summed E-state index contributed by atoms with van der Waals surface area (Å²) in [4.78, 5) is 0. The van der Waals surface area contributed by atoms with Gasteiger partial charge in [0, 0.05) is 11.4 Å². The maximum atomic E-state index is 5.93. The van der Waals surface area contributed by atoms with E-state index in [4.69, 9.17) is 11.5 Å². The standard InChI is InChI=1S/C14H14N2/c1-8-4-13-10(7-14(8)16)5-9-6-11(15)2-3-12(9)13/h2-4,6-7H,5,15-16H2,1H3. The minimum Gasteiger partial charge on any atom is -0.399 e. The van der Waals surface area contributed by atoms with Crippen molar-refractivity contribution in [3.05, 3.63) is 47.0 Å². The minimum absolute atomic E-state index is 0.830. The maximum absolute atomic E-state index is 5.93. The highest BCUT2D eigenvalue weighted by Gasteiger charge is 2.19. The molecular formula is C14H14N2. The number of anilines is 2. The normalized spacial score (nSPS) is 12.3. The lowest BCUT2D eigenvalue weighted by Gasteiger charge is -2.05. The zero-order chi connectivity index (χ0) is 11.3. The first-order valence-corrected chi connectivity index (χ1v) is 5.43. The zero-order valence-corrected chi connectivity index (χ0v) is 9.25. The molecule has 3 rings (SSSR count). The van der Waals surface area contributed by atoms with Gasteiger partial charge in [0.15, 0.2) is 0 Å². The summed E-state index contributed by atoms with van der Waals surface area (Å²) in [7, 11) is 0. The topological polar surface area (TPSA) is 52.0 Å². The highest BCUT2D eigenvalue weighted by molar-refractivity contribution is 5.80. The Morgan fingerprint density at radius 2 is 1.69 bits per heavy atom. The molecule has 0 saturated carbocycles. The van der Waals surface area contributed by atoms with Crippen LogP contribution in [0, 0.1) is 6.92 Å². The fourth-order valence-electron chi connectivity index (χ4n) is 2.40. The molecule has 0 amide bonds. The van der Waals surface area contributed by atoms with Crippen LogP contribution in [0.15, 0.2) is 30.3 Å². The van der Waals surface area contributed by atoms with Gasteiger partial charge in [-0.2, -0.15) is 0 Å². The molecule has 2 nitrogen and oxygen atoms in total. The van der Waals surface area contributed by atoms with Crippen LogP contribution in [0.4, 0.5) is 11.4 Å². The predicted octanol–water partition coefficient (Wildman–Crippen LogP) is 2.73. The Morgan fingerprint density at radius 3 is 2.50 bits per heavy atom. The van der Waals surface area contributed by atoms with Crippen molar-refractivity contribution in [2.24, 2.45) is 0 Å². The summed E-state index contributed by atoms with van der Waals surface area (Å²) in [6, 6.07) is 10.4. The fourth-order valence-corrected chi connectivity index (χ4v) is 2.40. The molecule has 0 atom stereocenters. The first-order chi connectivity index (χ1) is 7.65. The van der Waals surface area contributed by atoms with Crippen molar-refractivity contribution < 1.29 is 0 Å². The minimum atomic E-state index is 0.830. The Morgan fingerprint density at radius 1 is 0.938 bits per heavy atom. The van der Waals surface area contributed by atoms with Gasteiger partial charge in [0.25, 0.3) is 0 Å². The Balaban J connectivity index is 2.25. The summed E-state index contributed by atoms with van der Waals surface area (Å²) in [6.07, 6.45) is 0.945. The molecule has 0 heterocycles. The van der Waals surface area contributed by atoms with E-state index in [1.54, 1.807) is 0 Å². The lowest BCUT2D eigenvalue weighted by atomic mass is 10.0. The number of nitrogens with two attached hydrogens (primary N) is 2. The Hall–Kier alpha value is -1.96. The van der Waals surface area contributed by atoms with Crippen LogP contribution >= 0.6 is 0 Å². The van der Waals surface area contributed by atoms with Crippen LogP contribution in [0.5, 0.6) is 0 Å². The van der Waals surface area contributed by atoms with Crippen LogP contribution in [0.2, 0.25) is 0 Å². The van der Waals surface area contributed by atoms with Gasteiger partial charge in [-0.05, 0) is 65.4 Å². The SMILES string of the molecule is Cc1cc2c(cc1N)Cc1cc(N)ccc1-2. The van der Waals surface area contributed by atoms with Gasteiger partial charge in [-0.3, -0.25) is 0 Å². The molecule has 1 aliphatic carbocycles. The molecule has 0 bridgehead atoms. The number of benzene rings is 2. The van der Waals surface area contributed by atoms with E-state index in [0.29, 0.717) is 0 Å². The second-order valence-corrected chi connectivity index (χ2v) is 4.46. The molecule has 0 radical (unpaired) electrons. The number of aryl methyl sites for hydroxylation is 1. The summed E-state index contributed by atoms with van der Waals surface area (Å²) < 4.78 is 0. The van der Waals surface area contributed by atoms with Crippen LogP contribution in [0.3, 0.4) is 0 Å². The van der Waals surface area contributed by atoms with Crippen molar-refractivity contribution in [2.75, 3.05) is 11.5 Å². The Bertz CT molecular complexity index is 586. The van der Waals surface area contributed by atoms with Crippen molar-refractivity contribution in [1.82, 2.24) is 0 Å². The molecule has 0 unspecified atom stereocenters. The number of rotatable bonds is 0. The van der Waals surface area contributed by atoms with Gasteiger partial charge < -0.3 is 11.5 Å². The van der Waals surface area contributed by atoms with E-state index in [1.165, 1.54) is 22.3 Å². The molecule has 16 heavy (non-hydrogen) atoms. The molecule has 0 spiro atoms. The van der Waals surface area contributed by atoms with Crippen LogP contribution < -0.4 is 11.5 Å². The van der Waals surface area contributed by atoms with Crippen LogP contribution in [0.25, 0.3) is 11.1 Å². The van der Waals surface area contributed by atoms with Crippen molar-refractivity contribution in [3.63, 3.8) is 0 Å². The first-order valence-electron chi connectivity index (χ1n) is 5.43. The summed E-state index contributed by atoms with van der Waals surface area (Å²) >= 11 is 0. The average molecular weight is 210 g/mol. The monoisotopic (exact) mass is 210 g/mol. The number of hydrogen-bond donors (Lipinski definition) is 2. The second-order valence-electron chi connectivity index (χ2n) is 4.46. The number of hydrogen-bond acceptors (Lipinski definition) is 2. The van der Waals surface area contributed by atoms with Gasteiger partial charge in [-0.25, -0.2) is 0 Å². The third-order valence-corrected chi connectivity index (χ3v) is 3.29. The van der Waals surface area contributed by atoms with E-state index >= 15 is 0 Å². The molecule has 0 fully saturated rings. The van der Waals surface area contributed by atoms with Gasteiger partial charge >= 0.3 is 0 Å². The smallest absolute Gasteiger partial charge is 0.0347 e. The summed E-state index contributed by atoms with van der Waals surface area (Å²) in [5, 5.41) is 0. The van der Waals surface area contributed by atoms with Crippen molar-refractivity contribution in [2.45, 2.75) is 13.3 Å². The molecular weight excluding hydrogens is 196 g/mol. The van der Waals surface area contributed by atoms with E-state index in [2.05, 4.69) is 24.3 Å². The van der Waals surface area contributed by atoms with Crippen molar-refractivity contribution in [3.8, 4) is 11.1 Å². The summed E-state index contributed by atoms with van der Waals surface area (Å²) in [5.74, 6) is 0. The molecule has 2 aromatic carbocycles. The first kappa shape index (κ1) is 9.28. The lowest BCUT2D eigenvalue weighted by molar-refractivity contribution is 1.26. The Labute approximate surface area is 94.9 Å². The van der Waals surface area contributed by atoms with Crippen molar-refractivity contribution in [1.29, 1.82) is 0 Å². The molecule has 0 aliphatic heterocycles. The quantitative estimate of drug-likeness (QED) is 0.560. The third-order valence-electron chi connectivity index (χ3n) is 3.29. The van der Waals surface area contributed by atoms with Gasteiger partial charge in [-0.15, -0.1) is 0 Å². The molecule has 2 heteroatoms. The van der Waals surface area contributed by atoms with Crippen molar-refractivity contribution >= 4 is 11.4 Å². The fraction of sp³-hybridized carbons (Fsp3) is 0.143. The number of nitrogen functional groups attached to an aromatic ring is 2. The van der Waals surface area contributed by atoms with Gasteiger partial charge in [0.1, 0.15) is 0 Å². The zero-order valence-electron chi connectivity index (χ0n) is 9.25. The van der Waals surface area contributed by atoms with Gasteiger partial charge in [0.2, 0.25) is 0 Å². The van der Waals surface area contributed by atoms with Crippen LogP contribution in [0.1, 0.15) is 16.7 Å².